The molecule has 18 heteroatoms. The molecule has 0 saturated heterocycles. The van der Waals surface area contributed by atoms with Gasteiger partial charge in [-0.1, -0.05) is 83.9 Å². The van der Waals surface area contributed by atoms with Crippen LogP contribution in [-0.4, -0.2) is 90.9 Å². The number of hydrogen-bond acceptors (Lipinski definition) is 12. The van der Waals surface area contributed by atoms with Crippen molar-refractivity contribution in [2.45, 2.75) is 18.6 Å². The van der Waals surface area contributed by atoms with Crippen molar-refractivity contribution in [3.63, 3.8) is 0 Å². The maximum absolute atomic E-state index is 12.0. The fraction of sp³-hybridized carbons (Fsp3) is 0.309. The molecule has 73 heavy (non-hydrogen) atoms. The summed E-state index contributed by atoms with van der Waals surface area (Å²) in [5.74, 6) is 4.46. The largest absolute Gasteiger partial charge is 1.00 e. The second-order valence-corrected chi connectivity index (χ2v) is 17.0. The van der Waals surface area contributed by atoms with E-state index in [1.165, 1.54) is 31.3 Å². The zero-order valence-corrected chi connectivity index (χ0v) is 46.9. The van der Waals surface area contributed by atoms with Gasteiger partial charge in [0.05, 0.1) is 49.6 Å². The maximum atomic E-state index is 12.0. The number of halogens is 5. The number of Topliss-reactive ketones (excluding diaryl/α,β-unsaturated/α-hetero) is 2. The van der Waals surface area contributed by atoms with Crippen molar-refractivity contribution in [1.29, 1.82) is 0 Å². The van der Waals surface area contributed by atoms with E-state index in [0.717, 1.165) is 52.8 Å². The van der Waals surface area contributed by atoms with Crippen LogP contribution in [0.15, 0.2) is 146 Å². The Morgan fingerprint density at radius 3 is 1.62 bits per heavy atom. The van der Waals surface area contributed by atoms with Gasteiger partial charge in [-0.2, -0.15) is 0 Å². The monoisotopic (exact) mass is 1090 g/mol. The minimum absolute atomic E-state index is 0. The Labute approximate surface area is 474 Å². The molecule has 0 saturated carbocycles. The summed E-state index contributed by atoms with van der Waals surface area (Å²) < 4.78 is 40.4. The Bertz CT molecular complexity index is 2520. The van der Waals surface area contributed by atoms with Crippen LogP contribution in [0, 0.1) is 23.6 Å². The summed E-state index contributed by atoms with van der Waals surface area (Å²) in [5, 5.41) is 20.6. The van der Waals surface area contributed by atoms with Crippen LogP contribution in [0.1, 0.15) is 51.9 Å². The van der Waals surface area contributed by atoms with Crippen LogP contribution in [0.4, 0.5) is 4.39 Å². The Morgan fingerprint density at radius 2 is 1.05 bits per heavy atom. The molecule has 6 aromatic carbocycles. The Balaban J connectivity index is 0.000000466. The smallest absolute Gasteiger partial charge is 1.00 e. The van der Waals surface area contributed by atoms with Gasteiger partial charge in [0, 0.05) is 59.1 Å². The van der Waals surface area contributed by atoms with Crippen LogP contribution in [0.25, 0.3) is 0 Å². The molecule has 0 spiro atoms. The molecule has 0 amide bonds. The summed E-state index contributed by atoms with van der Waals surface area (Å²) in [4.78, 5) is 23.1. The zero-order chi connectivity index (χ0) is 50.3. The van der Waals surface area contributed by atoms with Crippen molar-refractivity contribution >= 4 is 59.6 Å². The average Bonchev–Trinajstić information content (AvgIpc) is 3.40. The number of aliphatic hydroxyl groups is 1. The fourth-order valence-electron chi connectivity index (χ4n) is 7.78. The van der Waals surface area contributed by atoms with Gasteiger partial charge in [0.15, 0.2) is 11.6 Å². The number of nitrogens with one attached hydrogen (secondary N) is 3. The fourth-order valence-corrected chi connectivity index (χ4v) is 8.04. The van der Waals surface area contributed by atoms with Crippen LogP contribution in [-0.2, 0) is 0 Å². The third-order valence-electron chi connectivity index (χ3n) is 11.2. The van der Waals surface area contributed by atoms with E-state index in [2.05, 4.69) is 27.8 Å². The van der Waals surface area contributed by atoms with Gasteiger partial charge in [-0.25, -0.2) is 4.39 Å². The van der Waals surface area contributed by atoms with Gasteiger partial charge >= 0.3 is 29.6 Å². The number of benzene rings is 6. The van der Waals surface area contributed by atoms with Gasteiger partial charge in [-0.05, 0) is 113 Å². The van der Waals surface area contributed by atoms with Crippen molar-refractivity contribution in [2.75, 3.05) is 74.3 Å². The third kappa shape index (κ3) is 19.6. The van der Waals surface area contributed by atoms with E-state index in [4.69, 9.17) is 46.9 Å². The number of hydrogen-bond donors (Lipinski definition) is 5. The van der Waals surface area contributed by atoms with E-state index in [1.54, 1.807) is 6.07 Å². The van der Waals surface area contributed by atoms with Crippen molar-refractivity contribution < 1.29 is 73.8 Å². The summed E-state index contributed by atoms with van der Waals surface area (Å²) in [6.45, 7) is 4.52. The van der Waals surface area contributed by atoms with E-state index in [9.17, 15) is 19.1 Å². The van der Waals surface area contributed by atoms with Crippen LogP contribution >= 0.6 is 48.0 Å². The van der Waals surface area contributed by atoms with Crippen LogP contribution in [0.3, 0.4) is 0 Å². The van der Waals surface area contributed by atoms with Crippen LogP contribution in [0.5, 0.6) is 28.7 Å². The summed E-state index contributed by atoms with van der Waals surface area (Å²) in [6.07, 6.45) is 0.0766. The molecular weight excluding hydrogens is 1030 g/mol. The third-order valence-corrected chi connectivity index (χ3v) is 11.7. The minimum Gasteiger partial charge on any atom is -1.00 e. The molecule has 4 aliphatic rings. The molecule has 0 bridgehead atoms. The van der Waals surface area contributed by atoms with Gasteiger partial charge < -0.3 is 51.9 Å². The van der Waals surface area contributed by atoms with Gasteiger partial charge in [-0.3, -0.25) is 9.59 Å². The average molecular weight is 1090 g/mol. The first-order chi connectivity index (χ1) is 34.1. The van der Waals surface area contributed by atoms with Crippen molar-refractivity contribution in [3.05, 3.63) is 184 Å². The van der Waals surface area contributed by atoms with Crippen molar-refractivity contribution in [1.82, 2.24) is 16.0 Å². The second kappa shape index (κ2) is 34.9. The number of carbonyl (C=O) groups excluding carboxylic acids is 2. The van der Waals surface area contributed by atoms with E-state index in [-0.39, 0.29) is 97.0 Å². The minimum atomic E-state index is -0.410. The molecule has 0 aliphatic carbocycles. The number of rotatable bonds is 8. The Hall–Kier alpha value is -4.45. The second-order valence-electron chi connectivity index (χ2n) is 16.2. The number of carbonyl (C=O) groups is 2. The maximum Gasteiger partial charge on any atom is 1.00 e. The van der Waals surface area contributed by atoms with Gasteiger partial charge in [0.1, 0.15) is 40.7 Å². The topological polar surface area (TPSA) is 163 Å². The molecule has 1 unspecified atom stereocenters. The van der Waals surface area contributed by atoms with Crippen molar-refractivity contribution in [2.24, 2.45) is 23.5 Å². The van der Waals surface area contributed by atoms with E-state index < -0.39 is 6.10 Å². The first kappa shape index (κ1) is 64.7. The molecule has 4 heterocycles. The first-order valence-corrected chi connectivity index (χ1v) is 23.8. The normalized spacial score (nSPS) is 18.0. The van der Waals surface area contributed by atoms with Crippen molar-refractivity contribution in [3.8, 4) is 28.7 Å². The number of ketones is 2. The Morgan fingerprint density at radius 1 is 0.603 bits per heavy atom. The molecule has 0 radical (unpaired) electrons. The molecular formula is C55H66Cl4FN4NaO8. The molecule has 4 aliphatic heterocycles. The van der Waals surface area contributed by atoms with E-state index >= 15 is 0 Å². The number of ether oxygens (including phenoxy) is 5. The summed E-state index contributed by atoms with van der Waals surface area (Å²) >= 11 is 11.4. The molecule has 0 fully saturated rings. The first-order valence-electron chi connectivity index (χ1n) is 23.1. The summed E-state index contributed by atoms with van der Waals surface area (Å²) in [6, 6.07) is 43.6. The van der Waals surface area contributed by atoms with Crippen LogP contribution in [0.2, 0.25) is 10.0 Å². The molecule has 6 aromatic rings. The zero-order valence-electron chi connectivity index (χ0n) is 42.7. The van der Waals surface area contributed by atoms with Gasteiger partial charge in [-0.15, -0.1) is 24.8 Å². The quantitative estimate of drug-likeness (QED) is 0.0963. The standard InChI is InChI=1S/C17H18ClNO2.C11H15NO2.C11H13NO2.C9H8O2.C6H4ClF.CH5N.2ClH.Na.H/c1-19-10-12-11-20-16-5-3-2-4-15(16)17(12)21-14-8-6-13(18)7-9-14;2*1-12-6-8-7-14-10-5-3-2-4-9(10)11(8)13;10-8-5-6-11-9-4-2-1-3-7(8)9;7-5-1-3-6(8)4-2-5;1-2;;;;/h2-9,12,17,19H,10-11H2,1H3;2-5,8,11-13H,6-7H2,1H3;2-5,8,12H,6-7H2,1H3;1-4H,5-6H2;1-4H;2H2,1H3;2*1H;;/q;;;;;;;;+1;-1/t12-,17-;8-,11-;;;;;;;;/m00......../s1. The van der Waals surface area contributed by atoms with E-state index in [1.807, 2.05) is 130 Å². The number of para-hydroxylation sites is 4. The van der Waals surface area contributed by atoms with Gasteiger partial charge in [0.2, 0.25) is 0 Å². The molecule has 5 atom stereocenters. The summed E-state index contributed by atoms with van der Waals surface area (Å²) in [5.41, 5.74) is 7.93. The molecule has 6 N–H and O–H groups in total. The number of nitrogens with two attached hydrogens (primary N) is 1. The number of aliphatic hydroxyl groups excluding tert-OH is 1. The van der Waals surface area contributed by atoms with Crippen LogP contribution < -0.4 is 74.9 Å². The predicted octanol–water partition coefficient (Wildman–Crippen LogP) is 7.40. The van der Waals surface area contributed by atoms with Gasteiger partial charge in [0.25, 0.3) is 0 Å². The van der Waals surface area contributed by atoms with E-state index in [0.29, 0.717) is 60.8 Å². The predicted molar refractivity (Wildman–Crippen MR) is 290 cm³/mol. The molecule has 12 nitrogen and oxygen atoms in total. The Kier molecular flexibility index (Phi) is 30.9. The number of fused-ring (bicyclic) bond motifs is 4. The summed E-state index contributed by atoms with van der Waals surface area (Å²) in [7, 11) is 7.17. The molecule has 0 aromatic heterocycles. The molecule has 390 valence electrons. The SMILES string of the molecule is CN.CNCC1COc2ccccc2C1=O.CNC[C@H]1COc2ccccc2[C@H]1O.CNC[C@H]1COc2ccccc2[C@H]1Oc1ccc(Cl)cc1.Cl.Cl.Fc1ccc(Cl)cc1.O=C1CCOc2ccccc21.[H-].[Na+]. The molecule has 10 rings (SSSR count).